The molecule has 1 rings (SSSR count). The SMILES string of the molecule is CC1=C(C)CC(C)(C)CC(C)C1. The van der Waals surface area contributed by atoms with Gasteiger partial charge in [-0.2, -0.15) is 0 Å². The van der Waals surface area contributed by atoms with Gasteiger partial charge in [0.1, 0.15) is 0 Å². The van der Waals surface area contributed by atoms with Gasteiger partial charge in [0.15, 0.2) is 0 Å². The van der Waals surface area contributed by atoms with Crippen LogP contribution in [0.3, 0.4) is 0 Å². The number of allylic oxidation sites excluding steroid dienone is 2. The van der Waals surface area contributed by atoms with Crippen LogP contribution in [0.15, 0.2) is 11.1 Å². The highest BCUT2D eigenvalue weighted by Crippen LogP contribution is 2.39. The molecule has 0 heteroatoms. The summed E-state index contributed by atoms with van der Waals surface area (Å²) in [5.41, 5.74) is 3.79. The van der Waals surface area contributed by atoms with Crippen LogP contribution < -0.4 is 0 Å². The molecule has 0 N–H and O–H groups in total. The van der Waals surface area contributed by atoms with Crippen molar-refractivity contribution in [2.24, 2.45) is 11.3 Å². The van der Waals surface area contributed by atoms with E-state index in [2.05, 4.69) is 34.6 Å². The van der Waals surface area contributed by atoms with E-state index in [-0.39, 0.29) is 0 Å². The summed E-state index contributed by atoms with van der Waals surface area (Å²) in [7, 11) is 0. The van der Waals surface area contributed by atoms with E-state index in [4.69, 9.17) is 0 Å². The van der Waals surface area contributed by atoms with Gasteiger partial charge >= 0.3 is 0 Å². The largest absolute Gasteiger partial charge is 0.0741 e. The van der Waals surface area contributed by atoms with E-state index in [9.17, 15) is 0 Å². The maximum absolute atomic E-state index is 2.39. The van der Waals surface area contributed by atoms with Crippen LogP contribution in [-0.4, -0.2) is 0 Å². The Morgan fingerprint density at radius 2 is 1.75 bits per heavy atom. The summed E-state index contributed by atoms with van der Waals surface area (Å²) >= 11 is 0. The van der Waals surface area contributed by atoms with Crippen LogP contribution in [0.1, 0.15) is 53.9 Å². The van der Waals surface area contributed by atoms with Crippen LogP contribution in [0.4, 0.5) is 0 Å². The van der Waals surface area contributed by atoms with Gasteiger partial charge in [-0.25, -0.2) is 0 Å². The van der Waals surface area contributed by atoms with Gasteiger partial charge in [0, 0.05) is 0 Å². The van der Waals surface area contributed by atoms with Crippen molar-refractivity contribution < 1.29 is 0 Å². The highest BCUT2D eigenvalue weighted by atomic mass is 14.3. The Morgan fingerprint density at radius 1 is 1.17 bits per heavy atom. The fourth-order valence-electron chi connectivity index (χ4n) is 2.65. The van der Waals surface area contributed by atoms with Crippen molar-refractivity contribution in [3.8, 4) is 0 Å². The monoisotopic (exact) mass is 166 g/mol. The standard InChI is InChI=1S/C12H22/c1-9-6-10(2)11(3)8-12(4,5)7-9/h9H,6-8H2,1-5H3. The van der Waals surface area contributed by atoms with Gasteiger partial charge in [0.05, 0.1) is 0 Å². The van der Waals surface area contributed by atoms with Crippen molar-refractivity contribution in [1.82, 2.24) is 0 Å². The first-order chi connectivity index (χ1) is 5.41. The molecule has 0 aliphatic heterocycles. The van der Waals surface area contributed by atoms with E-state index in [1.807, 2.05) is 0 Å². The zero-order valence-electron chi connectivity index (χ0n) is 9.20. The maximum Gasteiger partial charge on any atom is -0.0269 e. The van der Waals surface area contributed by atoms with Gasteiger partial charge in [-0.3, -0.25) is 0 Å². The van der Waals surface area contributed by atoms with Crippen LogP contribution in [0.2, 0.25) is 0 Å². The Balaban J connectivity index is 2.83. The smallest absolute Gasteiger partial charge is 0.0269 e. The van der Waals surface area contributed by atoms with Gasteiger partial charge in [-0.1, -0.05) is 31.9 Å². The molecule has 0 saturated heterocycles. The molecule has 1 atom stereocenters. The van der Waals surface area contributed by atoms with E-state index >= 15 is 0 Å². The second kappa shape index (κ2) is 3.24. The fraction of sp³-hybridized carbons (Fsp3) is 0.833. The van der Waals surface area contributed by atoms with Crippen LogP contribution >= 0.6 is 0 Å². The molecular weight excluding hydrogens is 144 g/mol. The summed E-state index contributed by atoms with van der Waals surface area (Å²) in [4.78, 5) is 0. The minimum Gasteiger partial charge on any atom is -0.0741 e. The van der Waals surface area contributed by atoms with Crippen molar-refractivity contribution in [2.45, 2.75) is 53.9 Å². The molecule has 0 saturated carbocycles. The molecule has 1 aliphatic carbocycles. The van der Waals surface area contributed by atoms with Crippen LogP contribution in [0, 0.1) is 11.3 Å². The second-order valence-corrected chi connectivity index (χ2v) is 5.42. The lowest BCUT2D eigenvalue weighted by Gasteiger charge is -2.25. The Hall–Kier alpha value is -0.260. The van der Waals surface area contributed by atoms with Crippen molar-refractivity contribution in [2.75, 3.05) is 0 Å². The molecule has 0 aromatic heterocycles. The van der Waals surface area contributed by atoms with Crippen LogP contribution in [0.5, 0.6) is 0 Å². The summed E-state index contributed by atoms with van der Waals surface area (Å²) in [6, 6.07) is 0. The third kappa shape index (κ3) is 2.36. The zero-order chi connectivity index (χ0) is 9.35. The lowest BCUT2D eigenvalue weighted by molar-refractivity contribution is 0.284. The minimum atomic E-state index is 0.529. The molecule has 0 radical (unpaired) electrons. The van der Waals surface area contributed by atoms with Crippen LogP contribution in [-0.2, 0) is 0 Å². The molecule has 0 aromatic carbocycles. The first-order valence-electron chi connectivity index (χ1n) is 5.06. The predicted molar refractivity (Wildman–Crippen MR) is 55.2 cm³/mol. The van der Waals surface area contributed by atoms with E-state index in [0.29, 0.717) is 5.41 Å². The summed E-state index contributed by atoms with van der Waals surface area (Å²) < 4.78 is 0. The van der Waals surface area contributed by atoms with Gasteiger partial charge in [0.25, 0.3) is 0 Å². The molecule has 0 heterocycles. The van der Waals surface area contributed by atoms with Gasteiger partial charge in [-0.15, -0.1) is 0 Å². The van der Waals surface area contributed by atoms with Crippen LogP contribution in [0.25, 0.3) is 0 Å². The summed E-state index contributed by atoms with van der Waals surface area (Å²) in [5.74, 6) is 0.873. The van der Waals surface area contributed by atoms with Crippen molar-refractivity contribution in [3.05, 3.63) is 11.1 Å². The number of hydrogen-bond donors (Lipinski definition) is 0. The van der Waals surface area contributed by atoms with Gasteiger partial charge < -0.3 is 0 Å². The summed E-state index contributed by atoms with van der Waals surface area (Å²) in [5, 5.41) is 0. The first-order valence-corrected chi connectivity index (χ1v) is 5.06. The average molecular weight is 166 g/mol. The molecule has 1 unspecified atom stereocenters. The molecule has 0 spiro atoms. The molecule has 70 valence electrons. The Bertz CT molecular complexity index is 196. The van der Waals surface area contributed by atoms with Crippen molar-refractivity contribution in [1.29, 1.82) is 0 Å². The minimum absolute atomic E-state index is 0.529. The molecule has 0 amide bonds. The van der Waals surface area contributed by atoms with E-state index in [1.54, 1.807) is 11.1 Å². The molecule has 12 heavy (non-hydrogen) atoms. The topological polar surface area (TPSA) is 0 Å². The zero-order valence-corrected chi connectivity index (χ0v) is 9.20. The van der Waals surface area contributed by atoms with E-state index in [1.165, 1.54) is 19.3 Å². The van der Waals surface area contributed by atoms with Gasteiger partial charge in [-0.05, 0) is 44.4 Å². The fourth-order valence-corrected chi connectivity index (χ4v) is 2.65. The molecule has 0 bridgehead atoms. The highest BCUT2D eigenvalue weighted by molar-refractivity contribution is 5.14. The van der Waals surface area contributed by atoms with E-state index < -0.39 is 0 Å². The molecule has 0 nitrogen and oxygen atoms in total. The first kappa shape index (κ1) is 9.83. The highest BCUT2D eigenvalue weighted by Gasteiger charge is 2.25. The third-order valence-corrected chi connectivity index (χ3v) is 3.03. The number of rotatable bonds is 0. The Labute approximate surface area is 77.1 Å². The molecule has 1 aliphatic rings. The molecule has 0 fully saturated rings. The summed E-state index contributed by atoms with van der Waals surface area (Å²) in [6.07, 6.45) is 3.99. The predicted octanol–water partition coefficient (Wildman–Crippen LogP) is 4.17. The third-order valence-electron chi connectivity index (χ3n) is 3.03. The normalized spacial score (nSPS) is 30.2. The average Bonchev–Trinajstić information content (AvgIpc) is 1.89. The summed E-state index contributed by atoms with van der Waals surface area (Å²) in [6.45, 7) is 11.8. The lowest BCUT2D eigenvalue weighted by Crippen LogP contribution is -2.13. The Morgan fingerprint density at radius 3 is 2.33 bits per heavy atom. The molecular formula is C12H22. The maximum atomic E-state index is 2.39. The number of hydrogen-bond acceptors (Lipinski definition) is 0. The van der Waals surface area contributed by atoms with Crippen molar-refractivity contribution in [3.63, 3.8) is 0 Å². The lowest BCUT2D eigenvalue weighted by atomic mass is 9.80. The van der Waals surface area contributed by atoms with Gasteiger partial charge in [0.2, 0.25) is 0 Å². The van der Waals surface area contributed by atoms with Crippen molar-refractivity contribution >= 4 is 0 Å². The Kier molecular flexibility index (Phi) is 2.65. The quantitative estimate of drug-likeness (QED) is 0.474. The molecule has 0 aromatic rings. The second-order valence-electron chi connectivity index (χ2n) is 5.42. The van der Waals surface area contributed by atoms with E-state index in [0.717, 1.165) is 5.92 Å².